The normalized spacial score (nSPS) is 27.6. The summed E-state index contributed by atoms with van der Waals surface area (Å²) in [6.07, 6.45) is 2.11. The topological polar surface area (TPSA) is 49.8 Å². The van der Waals surface area contributed by atoms with Crippen LogP contribution in [0, 0.1) is 11.8 Å². The number of nitrogens with zero attached hydrogens (tertiary/aromatic N) is 1. The number of phenolic OH excluding ortho intramolecular Hbond substituents is 1. The van der Waals surface area contributed by atoms with Gasteiger partial charge in [-0.05, 0) is 42.0 Å². The molecule has 0 amide bonds. The van der Waals surface area contributed by atoms with Gasteiger partial charge in [0.2, 0.25) is 0 Å². The molecule has 0 aromatic heterocycles. The molecule has 2 unspecified atom stereocenters. The van der Waals surface area contributed by atoms with Gasteiger partial charge in [0.15, 0.2) is 11.5 Å². The minimum Gasteiger partial charge on any atom is -0.504 e. The fourth-order valence-corrected chi connectivity index (χ4v) is 3.83. The standard InChI is InChI=1S/C18H25NO3/c1-11(2)6-13-10-19-5-4-12-7-17(21)18(22-3)8-14(12)15(19)9-16(13)20/h7-8,11,13,15,21H,4-6,9-10H2,1-3H3/i3D3. The highest BCUT2D eigenvalue weighted by Crippen LogP contribution is 2.42. The molecule has 0 aliphatic carbocycles. The molecule has 1 N–H and O–H groups in total. The maximum Gasteiger partial charge on any atom is 0.160 e. The van der Waals surface area contributed by atoms with Crippen LogP contribution in [0.4, 0.5) is 0 Å². The number of ether oxygens (including phenoxy) is 1. The summed E-state index contributed by atoms with van der Waals surface area (Å²) in [5.74, 6) is 0.626. The summed E-state index contributed by atoms with van der Waals surface area (Å²) in [6.45, 7) is 5.86. The molecule has 0 bridgehead atoms. The number of phenols is 1. The second kappa shape index (κ2) is 5.92. The van der Waals surface area contributed by atoms with Crippen LogP contribution in [0.25, 0.3) is 0 Å². The van der Waals surface area contributed by atoms with E-state index >= 15 is 0 Å². The van der Waals surface area contributed by atoms with E-state index in [2.05, 4.69) is 18.7 Å². The number of benzene rings is 1. The molecular formula is C18H25NO3. The maximum absolute atomic E-state index is 12.6. The number of hydrogen-bond acceptors (Lipinski definition) is 4. The molecule has 1 aromatic carbocycles. The molecule has 22 heavy (non-hydrogen) atoms. The van der Waals surface area contributed by atoms with Crippen molar-refractivity contribution in [2.75, 3.05) is 20.1 Å². The number of Topliss-reactive ketones (excluding diaryl/α,β-unsaturated/α-hetero) is 1. The Balaban J connectivity index is 1.88. The Labute approximate surface area is 136 Å². The lowest BCUT2D eigenvalue weighted by Gasteiger charge is -2.43. The Hall–Kier alpha value is -1.55. The van der Waals surface area contributed by atoms with Crippen molar-refractivity contribution in [3.8, 4) is 11.5 Å². The van der Waals surface area contributed by atoms with E-state index in [-0.39, 0.29) is 29.2 Å². The van der Waals surface area contributed by atoms with Gasteiger partial charge in [-0.1, -0.05) is 13.8 Å². The monoisotopic (exact) mass is 306 g/mol. The van der Waals surface area contributed by atoms with Crippen molar-refractivity contribution in [1.29, 1.82) is 0 Å². The summed E-state index contributed by atoms with van der Waals surface area (Å²) in [5, 5.41) is 10.1. The first kappa shape index (κ1) is 11.9. The van der Waals surface area contributed by atoms with Crippen LogP contribution in [-0.2, 0) is 11.2 Å². The Morgan fingerprint density at radius 3 is 3.05 bits per heavy atom. The molecule has 2 heterocycles. The van der Waals surface area contributed by atoms with Crippen molar-refractivity contribution in [3.05, 3.63) is 23.3 Å². The molecule has 2 atom stereocenters. The van der Waals surface area contributed by atoms with Crippen molar-refractivity contribution in [1.82, 2.24) is 4.90 Å². The van der Waals surface area contributed by atoms with Gasteiger partial charge in [-0.3, -0.25) is 9.69 Å². The van der Waals surface area contributed by atoms with Crippen LogP contribution in [0.5, 0.6) is 11.5 Å². The average molecular weight is 306 g/mol. The van der Waals surface area contributed by atoms with Crippen molar-refractivity contribution in [2.45, 2.75) is 39.2 Å². The van der Waals surface area contributed by atoms with Gasteiger partial charge >= 0.3 is 0 Å². The molecule has 2 aliphatic rings. The zero-order valence-corrected chi connectivity index (χ0v) is 13.1. The third-order valence-corrected chi connectivity index (χ3v) is 4.86. The molecule has 1 fully saturated rings. The highest BCUT2D eigenvalue weighted by Gasteiger charge is 2.38. The Bertz CT molecular complexity index is 672. The van der Waals surface area contributed by atoms with Crippen LogP contribution in [0.1, 0.15) is 48.0 Å². The number of rotatable bonds is 3. The summed E-state index contributed by atoms with van der Waals surface area (Å²) in [6, 6.07) is 3.13. The van der Waals surface area contributed by atoms with Crippen molar-refractivity contribution < 1.29 is 18.8 Å². The Morgan fingerprint density at radius 1 is 1.50 bits per heavy atom. The number of carbonyl (C=O) groups is 1. The number of aromatic hydroxyl groups is 1. The first-order chi connectivity index (χ1) is 11.6. The molecular weight excluding hydrogens is 278 g/mol. The lowest BCUT2D eigenvalue weighted by Crippen LogP contribution is -2.46. The Kier molecular flexibility index (Phi) is 3.21. The quantitative estimate of drug-likeness (QED) is 0.933. The predicted octanol–water partition coefficient (Wildman–Crippen LogP) is 2.94. The van der Waals surface area contributed by atoms with Crippen LogP contribution < -0.4 is 4.74 Å². The molecule has 2 aliphatic heterocycles. The molecule has 0 spiro atoms. The summed E-state index contributed by atoms with van der Waals surface area (Å²) >= 11 is 0. The third kappa shape index (κ3) is 2.72. The fraction of sp³-hybridized carbons (Fsp3) is 0.611. The van der Waals surface area contributed by atoms with Gasteiger partial charge < -0.3 is 9.84 Å². The van der Waals surface area contributed by atoms with Crippen LogP contribution >= 0.6 is 0 Å². The van der Waals surface area contributed by atoms with E-state index < -0.39 is 7.04 Å². The molecule has 0 saturated carbocycles. The molecule has 4 heteroatoms. The second-order valence-corrected chi connectivity index (χ2v) is 6.88. The van der Waals surface area contributed by atoms with Crippen molar-refractivity contribution in [3.63, 3.8) is 0 Å². The third-order valence-electron chi connectivity index (χ3n) is 4.86. The van der Waals surface area contributed by atoms with Crippen LogP contribution in [-0.4, -0.2) is 35.9 Å². The Morgan fingerprint density at radius 2 is 2.32 bits per heavy atom. The van der Waals surface area contributed by atoms with Gasteiger partial charge in [-0.15, -0.1) is 0 Å². The number of ketones is 1. The summed E-state index contributed by atoms with van der Waals surface area (Å²) < 4.78 is 26.7. The largest absolute Gasteiger partial charge is 0.504 e. The smallest absolute Gasteiger partial charge is 0.160 e. The minimum atomic E-state index is -2.62. The molecule has 4 nitrogen and oxygen atoms in total. The van der Waals surface area contributed by atoms with Gasteiger partial charge in [-0.2, -0.15) is 0 Å². The minimum absolute atomic E-state index is 0.0441. The number of hydrogen-bond donors (Lipinski definition) is 1. The van der Waals surface area contributed by atoms with Gasteiger partial charge in [0.05, 0.1) is 11.2 Å². The molecule has 1 saturated heterocycles. The highest BCUT2D eigenvalue weighted by atomic mass is 16.5. The van der Waals surface area contributed by atoms with Crippen molar-refractivity contribution >= 4 is 5.78 Å². The lowest BCUT2D eigenvalue weighted by atomic mass is 9.80. The summed E-state index contributed by atoms with van der Waals surface area (Å²) in [7, 11) is -2.62. The number of methoxy groups -OCH3 is 1. The molecule has 1 aromatic rings. The maximum atomic E-state index is 12.6. The van der Waals surface area contributed by atoms with Crippen LogP contribution in [0.2, 0.25) is 0 Å². The van der Waals surface area contributed by atoms with E-state index in [1.165, 1.54) is 0 Å². The number of piperidine rings is 1. The predicted molar refractivity (Wildman–Crippen MR) is 85.2 cm³/mol. The zero-order valence-electron chi connectivity index (χ0n) is 16.1. The molecule has 0 radical (unpaired) electrons. The average Bonchev–Trinajstić information content (AvgIpc) is 2.47. The number of carbonyl (C=O) groups excluding carboxylic acids is 1. The fourth-order valence-electron chi connectivity index (χ4n) is 3.83. The number of fused-ring (bicyclic) bond motifs is 3. The molecule has 3 rings (SSSR count). The zero-order chi connectivity index (χ0) is 18.4. The van der Waals surface area contributed by atoms with E-state index in [0.717, 1.165) is 37.1 Å². The first-order valence-electron chi connectivity index (χ1n) is 9.45. The second-order valence-electron chi connectivity index (χ2n) is 6.88. The van der Waals surface area contributed by atoms with Gasteiger partial charge in [0.25, 0.3) is 0 Å². The van der Waals surface area contributed by atoms with E-state index in [0.29, 0.717) is 12.3 Å². The van der Waals surface area contributed by atoms with Gasteiger partial charge in [0.1, 0.15) is 5.78 Å². The van der Waals surface area contributed by atoms with Crippen molar-refractivity contribution in [2.24, 2.45) is 11.8 Å². The van der Waals surface area contributed by atoms with E-state index in [1.807, 2.05) is 0 Å². The van der Waals surface area contributed by atoms with Gasteiger partial charge in [0, 0.05) is 31.5 Å². The highest BCUT2D eigenvalue weighted by molar-refractivity contribution is 5.83. The SMILES string of the molecule is [2H]C([2H])([2H])Oc1cc2c(cc1O)CCN1CC(CC(C)C)C(=O)CC21. The summed E-state index contributed by atoms with van der Waals surface area (Å²) in [5.41, 5.74) is 1.87. The van der Waals surface area contributed by atoms with E-state index in [1.54, 1.807) is 12.1 Å². The lowest BCUT2D eigenvalue weighted by molar-refractivity contribution is -0.129. The van der Waals surface area contributed by atoms with Crippen LogP contribution in [0.15, 0.2) is 12.1 Å². The van der Waals surface area contributed by atoms with Gasteiger partial charge in [-0.25, -0.2) is 0 Å². The first-order valence-corrected chi connectivity index (χ1v) is 7.95. The van der Waals surface area contributed by atoms with Crippen LogP contribution in [0.3, 0.4) is 0 Å². The van der Waals surface area contributed by atoms with E-state index in [4.69, 9.17) is 8.85 Å². The molecule has 120 valence electrons. The van der Waals surface area contributed by atoms with E-state index in [9.17, 15) is 9.90 Å². The summed E-state index contributed by atoms with van der Waals surface area (Å²) in [4.78, 5) is 14.9.